The second kappa shape index (κ2) is 16.1. The van der Waals surface area contributed by atoms with Crippen molar-refractivity contribution in [3.05, 3.63) is 66.1 Å². The Morgan fingerprint density at radius 1 is 1.07 bits per heavy atom. The number of pyridine rings is 1. The molecule has 1 saturated carbocycles. The number of nitrogens with one attached hydrogen (secondary N) is 4. The van der Waals surface area contributed by atoms with E-state index in [1.165, 1.54) is 41.4 Å². The minimum atomic E-state index is -4.48. The van der Waals surface area contributed by atoms with Gasteiger partial charge in [-0.2, -0.15) is 0 Å². The molecule has 0 bridgehead atoms. The topological polar surface area (TPSA) is 198 Å². The fourth-order valence-corrected chi connectivity index (χ4v) is 9.33. The zero-order valence-corrected chi connectivity index (χ0v) is 33.7. The molecular weight excluding hydrogens is 771 g/mol. The van der Waals surface area contributed by atoms with E-state index in [0.717, 1.165) is 5.13 Å². The third-order valence-corrected chi connectivity index (χ3v) is 12.4. The molecule has 17 heteroatoms. The first-order chi connectivity index (χ1) is 27.3. The number of anilines is 2. The van der Waals surface area contributed by atoms with Gasteiger partial charge >= 0.3 is 0 Å². The molecule has 0 spiro atoms. The van der Waals surface area contributed by atoms with E-state index in [9.17, 15) is 27.6 Å². The largest absolute Gasteiger partial charge is 0.497 e. The molecule has 2 aromatic heterocycles. The molecule has 7 rings (SSSR count). The number of hydrogen-bond acceptors (Lipinski definition) is 12. The Labute approximate surface area is 334 Å². The third kappa shape index (κ3) is 8.59. The number of hydrogen-bond donors (Lipinski definition) is 4. The van der Waals surface area contributed by atoms with Gasteiger partial charge in [0.1, 0.15) is 39.8 Å². The van der Waals surface area contributed by atoms with Gasteiger partial charge in [-0.25, -0.2) is 23.1 Å². The molecular formula is C40H45N7O8S2. The molecule has 4 N–H and O–H groups in total. The van der Waals surface area contributed by atoms with Gasteiger partial charge in [-0.1, -0.05) is 24.3 Å². The fraction of sp³-hybridized carbons (Fsp3) is 0.400. The van der Waals surface area contributed by atoms with Crippen molar-refractivity contribution in [2.45, 2.75) is 87.9 Å². The van der Waals surface area contributed by atoms with Crippen LogP contribution in [-0.4, -0.2) is 84.3 Å². The molecule has 4 heterocycles. The van der Waals surface area contributed by atoms with Crippen LogP contribution < -0.4 is 30.1 Å². The first-order valence-corrected chi connectivity index (χ1v) is 21.2. The maximum absolute atomic E-state index is 14.2. The highest BCUT2D eigenvalue weighted by atomic mass is 32.2. The minimum absolute atomic E-state index is 0.0445. The van der Waals surface area contributed by atoms with Crippen molar-refractivity contribution < 1.29 is 37.1 Å². The van der Waals surface area contributed by atoms with E-state index in [0.29, 0.717) is 53.1 Å². The van der Waals surface area contributed by atoms with Gasteiger partial charge in [-0.05, 0) is 63.8 Å². The lowest BCUT2D eigenvalue weighted by Crippen LogP contribution is -2.56. The van der Waals surface area contributed by atoms with Gasteiger partial charge in [-0.3, -0.25) is 19.2 Å². The van der Waals surface area contributed by atoms with E-state index in [1.54, 1.807) is 37.5 Å². The van der Waals surface area contributed by atoms with Crippen molar-refractivity contribution in [1.82, 2.24) is 24.9 Å². The number of aromatic nitrogens is 2. The summed E-state index contributed by atoms with van der Waals surface area (Å²) in [5.41, 5.74) is 0.268. The van der Waals surface area contributed by atoms with Crippen LogP contribution in [0.25, 0.3) is 22.3 Å². The summed E-state index contributed by atoms with van der Waals surface area (Å²) in [5, 5.41) is 12.2. The third-order valence-electron chi connectivity index (χ3n) is 10.3. The number of carbonyl (C=O) groups is 4. The smallest absolute Gasteiger partial charge is 0.266 e. The Morgan fingerprint density at radius 3 is 2.65 bits per heavy atom. The first-order valence-electron chi connectivity index (χ1n) is 18.9. The molecule has 1 saturated heterocycles. The van der Waals surface area contributed by atoms with Crippen molar-refractivity contribution >= 4 is 66.7 Å². The van der Waals surface area contributed by atoms with Crippen LogP contribution in [0, 0.1) is 5.92 Å². The maximum Gasteiger partial charge on any atom is 0.266 e. The van der Waals surface area contributed by atoms with Crippen LogP contribution in [0.1, 0.15) is 59.3 Å². The van der Waals surface area contributed by atoms with Gasteiger partial charge in [0.05, 0.1) is 30.6 Å². The summed E-state index contributed by atoms with van der Waals surface area (Å²) in [5.74, 6) is -1.65. The Kier molecular flexibility index (Phi) is 11.2. The molecule has 57 heavy (non-hydrogen) atoms. The van der Waals surface area contributed by atoms with Crippen LogP contribution in [0.3, 0.4) is 0 Å². The van der Waals surface area contributed by atoms with Crippen LogP contribution in [-0.2, 0) is 29.2 Å². The molecule has 4 amide bonds. The van der Waals surface area contributed by atoms with Gasteiger partial charge in [0.25, 0.3) is 15.9 Å². The van der Waals surface area contributed by atoms with Gasteiger partial charge in [0.2, 0.25) is 17.7 Å². The lowest BCUT2D eigenvalue weighted by Gasteiger charge is -2.25. The summed E-state index contributed by atoms with van der Waals surface area (Å²) < 4.78 is 41.5. The monoisotopic (exact) mass is 815 g/mol. The summed E-state index contributed by atoms with van der Waals surface area (Å²) in [4.78, 5) is 64.5. The zero-order chi connectivity index (χ0) is 40.5. The highest BCUT2D eigenvalue weighted by Crippen LogP contribution is 2.46. The molecule has 300 valence electrons. The Hall–Kier alpha value is -5.55. The molecule has 0 unspecified atom stereocenters. The van der Waals surface area contributed by atoms with Crippen LogP contribution in [0.5, 0.6) is 11.5 Å². The molecule has 2 aliphatic heterocycles. The second-order valence-electron chi connectivity index (χ2n) is 14.8. The van der Waals surface area contributed by atoms with Crippen molar-refractivity contribution in [2.75, 3.05) is 24.3 Å². The summed E-state index contributed by atoms with van der Waals surface area (Å²) >= 11 is 1.46. The van der Waals surface area contributed by atoms with E-state index >= 15 is 0 Å². The van der Waals surface area contributed by atoms with Crippen molar-refractivity contribution in [3.63, 3.8) is 0 Å². The molecule has 15 nitrogen and oxygen atoms in total. The number of allylic oxidation sites excluding steroid dienone is 1. The van der Waals surface area contributed by atoms with Gasteiger partial charge < -0.3 is 30.3 Å². The molecule has 2 aromatic carbocycles. The van der Waals surface area contributed by atoms with E-state index in [2.05, 4.69) is 20.7 Å². The Morgan fingerprint density at radius 2 is 1.88 bits per heavy atom. The predicted octanol–water partition coefficient (Wildman–Crippen LogP) is 5.00. The van der Waals surface area contributed by atoms with Gasteiger partial charge in [0.15, 0.2) is 5.13 Å². The number of likely N-dealkylation sites (tertiary alicyclic amines) is 1. The number of benzene rings is 2. The Balaban J connectivity index is 1.15. The van der Waals surface area contributed by atoms with Crippen LogP contribution in [0.15, 0.2) is 71.0 Å². The van der Waals surface area contributed by atoms with Crippen molar-refractivity contribution in [1.29, 1.82) is 0 Å². The number of nitrogens with zero attached hydrogens (tertiary/aromatic N) is 3. The quantitative estimate of drug-likeness (QED) is 0.175. The number of fused-ring (bicyclic) bond motifs is 3. The Bertz CT molecular complexity index is 2360. The molecule has 4 aromatic rings. The molecule has 1 aliphatic carbocycles. The molecule has 4 atom stereocenters. The first kappa shape index (κ1) is 39.7. The van der Waals surface area contributed by atoms with Crippen LogP contribution in [0.2, 0.25) is 0 Å². The predicted molar refractivity (Wildman–Crippen MR) is 215 cm³/mol. The molecule has 3 aliphatic rings. The summed E-state index contributed by atoms with van der Waals surface area (Å²) in [6.07, 6.45) is 5.41. The van der Waals surface area contributed by atoms with E-state index in [4.69, 9.17) is 19.4 Å². The standard InChI is InChI=1S/C40H45N7O8S2/c1-23(2)41-39-44-32(22-56-39)31-19-34(28-16-15-26(54-4)17-30(28)42-31)55-27-18-33(47(21-27)24(3)48)37(50)45-40-20-25(40)11-7-5-6-8-14-36(49)43-29-12-9-10-13-35(29)57(52,53)46-38(40)51/h7,9-13,15-17,19,22-23,25,27,33H,5-6,8,14,18,20-21H2,1-4H3,(H,41,44)(H,43,49)(H,45,50)(H,46,51)/t25-,27-,33+,40-/m1/s1. The van der Waals surface area contributed by atoms with E-state index < -0.39 is 45.4 Å². The summed E-state index contributed by atoms with van der Waals surface area (Å²) in [6.45, 7) is 5.50. The summed E-state index contributed by atoms with van der Waals surface area (Å²) in [7, 11) is -2.91. The number of carbonyl (C=O) groups excluding carboxylic acids is 4. The second-order valence-corrected chi connectivity index (χ2v) is 17.3. The highest BCUT2D eigenvalue weighted by Gasteiger charge is 2.61. The SMILES string of the molecule is COc1ccc2c(O[C@@H]3C[C@@H](C(=O)N[C@]45C[C@H]4C=CCCCCC(=O)Nc4ccccc4S(=O)(=O)NC5=O)N(C(C)=O)C3)cc(-c3csc(NC(C)C)n3)nc2c1. The number of amides is 4. The maximum atomic E-state index is 14.2. The number of sulfonamides is 1. The number of rotatable bonds is 8. The number of ether oxygens (including phenoxy) is 2. The minimum Gasteiger partial charge on any atom is -0.497 e. The highest BCUT2D eigenvalue weighted by molar-refractivity contribution is 7.90. The van der Waals surface area contributed by atoms with Crippen molar-refractivity contribution in [2.24, 2.45) is 5.92 Å². The van der Waals surface area contributed by atoms with Gasteiger partial charge in [0, 0.05) is 54.6 Å². The lowest BCUT2D eigenvalue weighted by atomic mass is 10.1. The van der Waals surface area contributed by atoms with E-state index in [1.807, 2.05) is 31.4 Å². The molecule has 2 fully saturated rings. The number of methoxy groups -OCH3 is 1. The van der Waals surface area contributed by atoms with Crippen molar-refractivity contribution in [3.8, 4) is 22.9 Å². The average Bonchev–Trinajstić information content (AvgIpc) is 3.44. The average molecular weight is 816 g/mol. The number of para-hydroxylation sites is 1. The normalized spacial score (nSPS) is 23.3. The fourth-order valence-electron chi connectivity index (χ4n) is 7.27. The lowest BCUT2D eigenvalue weighted by molar-refractivity contribution is -0.138. The van der Waals surface area contributed by atoms with E-state index in [-0.39, 0.29) is 54.2 Å². The molecule has 0 radical (unpaired) electrons. The van der Waals surface area contributed by atoms with Crippen LogP contribution >= 0.6 is 11.3 Å². The van der Waals surface area contributed by atoms with Crippen LogP contribution in [0.4, 0.5) is 10.8 Å². The number of thiazole rings is 1. The zero-order valence-electron chi connectivity index (χ0n) is 32.0. The van der Waals surface area contributed by atoms with Gasteiger partial charge in [-0.15, -0.1) is 11.3 Å². The summed E-state index contributed by atoms with van der Waals surface area (Å²) in [6, 6.07) is 12.2.